The van der Waals surface area contributed by atoms with Gasteiger partial charge in [-0.25, -0.2) is 0 Å². The summed E-state index contributed by atoms with van der Waals surface area (Å²) in [7, 11) is 0. The maximum Gasteiger partial charge on any atom is 0.235 e. The standard InChI is InChI=1S/C49H50N2O4/c1-33-17-25-39(26-18-33)48(54,40-27-19-34(2)20-28-40)43(37-13-9-7-10-14-37)50-45(52)47(5,6)46(53)51-44(38-15-11-8-12-16-38)49(55,41-29-21-35(3)22-30-41)42-31-23-36(4)24-32-42/h7-32,43-44,54-55H,1-6H3,(H,50,52)(H,51,53). The first kappa shape index (κ1) is 38.9. The third-order valence-corrected chi connectivity index (χ3v) is 10.8. The van der Waals surface area contributed by atoms with Gasteiger partial charge in [-0.2, -0.15) is 0 Å². The van der Waals surface area contributed by atoms with E-state index in [1.165, 1.54) is 0 Å². The predicted molar refractivity (Wildman–Crippen MR) is 219 cm³/mol. The van der Waals surface area contributed by atoms with E-state index < -0.39 is 40.5 Å². The van der Waals surface area contributed by atoms with Gasteiger partial charge in [-0.15, -0.1) is 0 Å². The zero-order valence-corrected chi connectivity index (χ0v) is 32.4. The fraction of sp³-hybridized carbons (Fsp3) is 0.224. The summed E-state index contributed by atoms with van der Waals surface area (Å²) in [6.45, 7) is 11.0. The molecule has 0 aromatic heterocycles. The van der Waals surface area contributed by atoms with Crippen LogP contribution >= 0.6 is 0 Å². The van der Waals surface area contributed by atoms with Crippen molar-refractivity contribution in [2.24, 2.45) is 5.41 Å². The van der Waals surface area contributed by atoms with Crippen LogP contribution in [0.3, 0.4) is 0 Å². The highest BCUT2D eigenvalue weighted by molar-refractivity contribution is 6.04. The van der Waals surface area contributed by atoms with E-state index in [9.17, 15) is 19.8 Å². The Morgan fingerprint density at radius 1 is 0.418 bits per heavy atom. The third-order valence-electron chi connectivity index (χ3n) is 10.8. The third kappa shape index (κ3) is 7.88. The second-order valence-corrected chi connectivity index (χ2v) is 15.3. The van der Waals surface area contributed by atoms with Crippen LogP contribution < -0.4 is 10.6 Å². The average Bonchev–Trinajstić information content (AvgIpc) is 3.20. The lowest BCUT2D eigenvalue weighted by atomic mass is 9.75. The first-order valence-corrected chi connectivity index (χ1v) is 18.7. The zero-order valence-electron chi connectivity index (χ0n) is 32.4. The Kier molecular flexibility index (Phi) is 11.2. The van der Waals surface area contributed by atoms with E-state index in [4.69, 9.17) is 0 Å². The summed E-state index contributed by atoms with van der Waals surface area (Å²) in [6.07, 6.45) is 0. The van der Waals surface area contributed by atoms with Gasteiger partial charge in [-0.3, -0.25) is 9.59 Å². The molecule has 0 saturated heterocycles. The van der Waals surface area contributed by atoms with Crippen LogP contribution in [0.1, 0.15) is 81.6 Å². The Bertz CT molecular complexity index is 1960. The number of benzene rings is 6. The van der Waals surface area contributed by atoms with Crippen molar-refractivity contribution < 1.29 is 19.8 Å². The van der Waals surface area contributed by atoms with Gasteiger partial charge in [0, 0.05) is 0 Å². The molecular formula is C49H50N2O4. The molecule has 55 heavy (non-hydrogen) atoms. The molecule has 0 aliphatic heterocycles. The lowest BCUT2D eigenvalue weighted by Gasteiger charge is -2.41. The van der Waals surface area contributed by atoms with Crippen molar-refractivity contribution in [3.63, 3.8) is 0 Å². The van der Waals surface area contributed by atoms with E-state index >= 15 is 0 Å². The number of nitrogens with one attached hydrogen (secondary N) is 2. The molecule has 6 aromatic carbocycles. The first-order valence-electron chi connectivity index (χ1n) is 18.7. The van der Waals surface area contributed by atoms with Crippen LogP contribution in [0.25, 0.3) is 0 Å². The quantitative estimate of drug-likeness (QED) is 0.0947. The molecule has 6 nitrogen and oxygen atoms in total. The Morgan fingerprint density at radius 3 is 0.891 bits per heavy atom. The van der Waals surface area contributed by atoms with Crippen molar-refractivity contribution in [1.82, 2.24) is 10.6 Å². The van der Waals surface area contributed by atoms with Crippen LogP contribution in [0.2, 0.25) is 0 Å². The molecule has 6 rings (SSSR count). The molecule has 6 heteroatoms. The van der Waals surface area contributed by atoms with Gasteiger partial charge in [0.1, 0.15) is 16.6 Å². The Balaban J connectivity index is 1.43. The Labute approximate surface area is 324 Å². The highest BCUT2D eigenvalue weighted by atomic mass is 16.3. The van der Waals surface area contributed by atoms with Gasteiger partial charge in [-0.1, -0.05) is 180 Å². The summed E-state index contributed by atoms with van der Waals surface area (Å²) >= 11 is 0. The minimum absolute atomic E-state index is 0.587. The van der Waals surface area contributed by atoms with E-state index in [2.05, 4.69) is 10.6 Å². The Hall–Kier alpha value is -5.82. The molecule has 0 spiro atoms. The van der Waals surface area contributed by atoms with E-state index in [-0.39, 0.29) is 0 Å². The number of aryl methyl sites for hydroxylation is 4. The van der Waals surface area contributed by atoms with E-state index in [1.54, 1.807) is 13.8 Å². The number of hydrogen-bond acceptors (Lipinski definition) is 4. The fourth-order valence-corrected chi connectivity index (χ4v) is 7.11. The van der Waals surface area contributed by atoms with Crippen molar-refractivity contribution in [2.45, 2.75) is 64.8 Å². The summed E-state index contributed by atoms with van der Waals surface area (Å²) in [4.78, 5) is 29.5. The van der Waals surface area contributed by atoms with Crippen LogP contribution in [0.4, 0.5) is 0 Å². The molecule has 2 amide bonds. The SMILES string of the molecule is Cc1ccc(C(O)(c2ccc(C)cc2)C(NC(=O)C(C)(C)C(=O)NC(c2ccccc2)C(O)(c2ccc(C)cc2)c2ccc(C)cc2)c2ccccc2)cc1. The number of hydrogen-bond donors (Lipinski definition) is 4. The summed E-state index contributed by atoms with van der Waals surface area (Å²) in [5.41, 5.74) is 2.63. The molecular weight excluding hydrogens is 681 g/mol. The molecule has 0 radical (unpaired) electrons. The number of carbonyl (C=O) groups is 2. The molecule has 0 aliphatic rings. The molecule has 6 aromatic rings. The monoisotopic (exact) mass is 730 g/mol. The number of amides is 2. The van der Waals surface area contributed by atoms with Gasteiger partial charge in [0.25, 0.3) is 0 Å². The smallest absolute Gasteiger partial charge is 0.235 e. The highest BCUT2D eigenvalue weighted by Crippen LogP contribution is 2.44. The molecule has 2 unspecified atom stereocenters. The van der Waals surface area contributed by atoms with Gasteiger partial charge < -0.3 is 20.8 Å². The van der Waals surface area contributed by atoms with Crippen molar-refractivity contribution >= 4 is 11.8 Å². The molecule has 0 fully saturated rings. The molecule has 280 valence electrons. The highest BCUT2D eigenvalue weighted by Gasteiger charge is 2.48. The molecule has 4 N–H and O–H groups in total. The largest absolute Gasteiger partial charge is 0.378 e. The topological polar surface area (TPSA) is 98.7 Å². The summed E-state index contributed by atoms with van der Waals surface area (Å²) in [5, 5.41) is 32.4. The minimum Gasteiger partial charge on any atom is -0.378 e. The van der Waals surface area contributed by atoms with Crippen LogP contribution in [0.5, 0.6) is 0 Å². The molecule has 0 heterocycles. The lowest BCUT2D eigenvalue weighted by molar-refractivity contribution is -0.144. The summed E-state index contributed by atoms with van der Waals surface area (Å²) < 4.78 is 0. The number of carbonyl (C=O) groups excluding carboxylic acids is 2. The molecule has 0 saturated carbocycles. The van der Waals surface area contributed by atoms with Crippen LogP contribution in [0, 0.1) is 33.1 Å². The van der Waals surface area contributed by atoms with Crippen LogP contribution in [-0.2, 0) is 20.8 Å². The van der Waals surface area contributed by atoms with Gasteiger partial charge in [-0.05, 0) is 74.9 Å². The second-order valence-electron chi connectivity index (χ2n) is 15.3. The second kappa shape index (κ2) is 15.9. The summed E-state index contributed by atoms with van der Waals surface area (Å²) in [6, 6.07) is 47.1. The number of aliphatic hydroxyl groups is 2. The minimum atomic E-state index is -1.73. The lowest BCUT2D eigenvalue weighted by Crippen LogP contribution is -2.55. The first-order chi connectivity index (χ1) is 26.2. The van der Waals surface area contributed by atoms with Gasteiger partial charge in [0.2, 0.25) is 11.8 Å². The molecule has 0 bridgehead atoms. The molecule has 2 atom stereocenters. The summed E-state index contributed by atoms with van der Waals surface area (Å²) in [5.74, 6) is -1.20. The van der Waals surface area contributed by atoms with Crippen molar-refractivity contribution in [2.75, 3.05) is 0 Å². The average molecular weight is 731 g/mol. The van der Waals surface area contributed by atoms with E-state index in [0.29, 0.717) is 33.4 Å². The van der Waals surface area contributed by atoms with Crippen LogP contribution in [0.15, 0.2) is 158 Å². The fourth-order valence-electron chi connectivity index (χ4n) is 7.11. The van der Waals surface area contributed by atoms with Crippen molar-refractivity contribution in [3.05, 3.63) is 213 Å². The van der Waals surface area contributed by atoms with Crippen LogP contribution in [-0.4, -0.2) is 22.0 Å². The zero-order chi connectivity index (χ0) is 39.4. The van der Waals surface area contributed by atoms with Gasteiger partial charge in [0.05, 0.1) is 12.1 Å². The maximum absolute atomic E-state index is 14.7. The van der Waals surface area contributed by atoms with E-state index in [0.717, 1.165) is 22.3 Å². The normalized spacial score (nSPS) is 13.1. The van der Waals surface area contributed by atoms with Gasteiger partial charge >= 0.3 is 0 Å². The predicted octanol–water partition coefficient (Wildman–Crippen LogP) is 8.83. The van der Waals surface area contributed by atoms with Gasteiger partial charge in [0.15, 0.2) is 0 Å². The number of rotatable bonds is 12. The van der Waals surface area contributed by atoms with E-state index in [1.807, 2.05) is 185 Å². The Morgan fingerprint density at radius 2 is 0.655 bits per heavy atom. The maximum atomic E-state index is 14.7. The molecule has 0 aliphatic carbocycles. The van der Waals surface area contributed by atoms with Crippen molar-refractivity contribution in [3.8, 4) is 0 Å². The van der Waals surface area contributed by atoms with Crippen molar-refractivity contribution in [1.29, 1.82) is 0 Å².